The van der Waals surface area contributed by atoms with E-state index in [-0.39, 0.29) is 12.2 Å². The molecule has 0 amide bonds. The van der Waals surface area contributed by atoms with Crippen molar-refractivity contribution in [3.8, 4) is 11.5 Å². The highest BCUT2D eigenvalue weighted by Crippen LogP contribution is 2.38. The molecule has 27 heavy (non-hydrogen) atoms. The van der Waals surface area contributed by atoms with Gasteiger partial charge in [-0.15, -0.1) is 0 Å². The van der Waals surface area contributed by atoms with E-state index in [1.165, 1.54) is 0 Å². The van der Waals surface area contributed by atoms with Crippen LogP contribution in [-0.2, 0) is 11.3 Å². The number of rotatable bonds is 6. The summed E-state index contributed by atoms with van der Waals surface area (Å²) < 4.78 is 17.2. The molecule has 2 N–H and O–H groups in total. The molecule has 2 aliphatic rings. The molecule has 6 nitrogen and oxygen atoms in total. The SMILES string of the molecule is CCOc1cc(CN2CCC3(CC2)C[C@@H](O)[C@@H](O)CO3)cc(Cl)c1OCC. The van der Waals surface area contributed by atoms with Gasteiger partial charge in [-0.25, -0.2) is 0 Å². The molecule has 2 atom stereocenters. The number of hydrogen-bond acceptors (Lipinski definition) is 6. The van der Waals surface area contributed by atoms with Crippen LogP contribution < -0.4 is 9.47 Å². The Kier molecular flexibility index (Phi) is 6.87. The summed E-state index contributed by atoms with van der Waals surface area (Å²) in [6.45, 7) is 7.68. The van der Waals surface area contributed by atoms with Crippen molar-refractivity contribution in [2.45, 2.75) is 57.5 Å². The minimum Gasteiger partial charge on any atom is -0.490 e. The first-order chi connectivity index (χ1) is 13.0. The van der Waals surface area contributed by atoms with E-state index in [0.717, 1.165) is 38.0 Å². The quantitative estimate of drug-likeness (QED) is 0.766. The monoisotopic (exact) mass is 399 g/mol. The summed E-state index contributed by atoms with van der Waals surface area (Å²) in [5, 5.41) is 20.2. The summed E-state index contributed by atoms with van der Waals surface area (Å²) in [6.07, 6.45) is 0.742. The molecule has 0 radical (unpaired) electrons. The molecule has 1 aromatic carbocycles. The summed E-state index contributed by atoms with van der Waals surface area (Å²) in [5.74, 6) is 1.29. The smallest absolute Gasteiger partial charge is 0.179 e. The van der Waals surface area contributed by atoms with Crippen LogP contribution in [0.15, 0.2) is 12.1 Å². The Bertz CT molecular complexity index is 633. The fourth-order valence-corrected chi connectivity index (χ4v) is 4.22. The van der Waals surface area contributed by atoms with Crippen LogP contribution in [0.4, 0.5) is 0 Å². The van der Waals surface area contributed by atoms with E-state index in [9.17, 15) is 10.2 Å². The second-order valence-electron chi connectivity index (χ2n) is 7.38. The minimum absolute atomic E-state index is 0.216. The lowest BCUT2D eigenvalue weighted by molar-refractivity contribution is -0.188. The topological polar surface area (TPSA) is 71.4 Å². The summed E-state index contributed by atoms with van der Waals surface area (Å²) >= 11 is 6.42. The Labute approximate surface area is 166 Å². The van der Waals surface area contributed by atoms with Crippen LogP contribution in [0.25, 0.3) is 0 Å². The number of likely N-dealkylation sites (tertiary alicyclic amines) is 1. The van der Waals surface area contributed by atoms with Crippen molar-refractivity contribution in [2.24, 2.45) is 0 Å². The van der Waals surface area contributed by atoms with Crippen LogP contribution in [0.2, 0.25) is 5.02 Å². The maximum Gasteiger partial charge on any atom is 0.179 e. The normalized spacial score (nSPS) is 25.5. The molecule has 3 rings (SSSR count). The van der Waals surface area contributed by atoms with Crippen molar-refractivity contribution < 1.29 is 24.4 Å². The number of benzene rings is 1. The van der Waals surface area contributed by atoms with Gasteiger partial charge in [-0.2, -0.15) is 0 Å². The standard InChI is InChI=1S/C20H30ClNO5/c1-3-25-18-10-14(9-15(21)19(18)26-4-2)12-22-7-5-20(6-8-22)11-16(23)17(24)13-27-20/h9-10,16-17,23-24H,3-8,11-13H2,1-2H3/t16-,17+/m1/s1. The Balaban J connectivity index is 1.63. The first-order valence-corrected chi connectivity index (χ1v) is 10.1. The molecule has 152 valence electrons. The molecule has 1 spiro atoms. The number of piperidine rings is 1. The van der Waals surface area contributed by atoms with Gasteiger partial charge in [-0.3, -0.25) is 4.90 Å². The average Bonchev–Trinajstić information content (AvgIpc) is 2.64. The van der Waals surface area contributed by atoms with Crippen molar-refractivity contribution in [3.63, 3.8) is 0 Å². The summed E-state index contributed by atoms with van der Waals surface area (Å²) in [4.78, 5) is 2.35. The summed E-state index contributed by atoms with van der Waals surface area (Å²) in [7, 11) is 0. The summed E-state index contributed by atoms with van der Waals surface area (Å²) in [6, 6.07) is 3.94. The Hall–Kier alpha value is -1.05. The molecule has 2 fully saturated rings. The van der Waals surface area contributed by atoms with Crippen molar-refractivity contribution in [1.29, 1.82) is 0 Å². The molecule has 0 saturated carbocycles. The van der Waals surface area contributed by atoms with E-state index in [0.29, 0.717) is 36.2 Å². The first kappa shape index (κ1) is 20.7. The molecule has 1 aromatic rings. The lowest BCUT2D eigenvalue weighted by Crippen LogP contribution is -2.54. The first-order valence-electron chi connectivity index (χ1n) is 9.77. The highest BCUT2D eigenvalue weighted by Gasteiger charge is 2.42. The Morgan fingerprint density at radius 3 is 2.48 bits per heavy atom. The largest absolute Gasteiger partial charge is 0.490 e. The van der Waals surface area contributed by atoms with Crippen LogP contribution in [-0.4, -0.2) is 65.8 Å². The number of halogens is 1. The lowest BCUT2D eigenvalue weighted by Gasteiger charge is -2.46. The predicted octanol–water partition coefficient (Wildman–Crippen LogP) is 2.61. The lowest BCUT2D eigenvalue weighted by atomic mass is 9.82. The molecule has 2 heterocycles. The van der Waals surface area contributed by atoms with Gasteiger partial charge in [0.1, 0.15) is 6.10 Å². The van der Waals surface area contributed by atoms with Crippen LogP contribution in [0.5, 0.6) is 11.5 Å². The number of aliphatic hydroxyl groups is 2. The fraction of sp³-hybridized carbons (Fsp3) is 0.700. The number of aliphatic hydroxyl groups excluding tert-OH is 2. The number of ether oxygens (including phenoxy) is 3. The third kappa shape index (κ3) is 4.87. The zero-order valence-corrected chi connectivity index (χ0v) is 16.9. The molecular weight excluding hydrogens is 370 g/mol. The van der Waals surface area contributed by atoms with Crippen molar-refractivity contribution >= 4 is 11.6 Å². The molecule has 2 saturated heterocycles. The molecule has 7 heteroatoms. The van der Waals surface area contributed by atoms with Crippen LogP contribution in [0.3, 0.4) is 0 Å². The zero-order valence-electron chi connectivity index (χ0n) is 16.1. The maximum atomic E-state index is 9.99. The van der Waals surface area contributed by atoms with Crippen molar-refractivity contribution in [1.82, 2.24) is 4.90 Å². The van der Waals surface area contributed by atoms with Gasteiger partial charge in [-0.05, 0) is 44.4 Å². The second-order valence-corrected chi connectivity index (χ2v) is 7.79. The molecule has 0 unspecified atom stereocenters. The Morgan fingerprint density at radius 2 is 1.85 bits per heavy atom. The van der Waals surface area contributed by atoms with Crippen LogP contribution in [0, 0.1) is 0 Å². The Morgan fingerprint density at radius 1 is 1.15 bits per heavy atom. The van der Waals surface area contributed by atoms with E-state index in [4.69, 9.17) is 25.8 Å². The van der Waals surface area contributed by atoms with Gasteiger partial charge in [-0.1, -0.05) is 11.6 Å². The van der Waals surface area contributed by atoms with Gasteiger partial charge in [0.2, 0.25) is 0 Å². The van der Waals surface area contributed by atoms with Crippen LogP contribution >= 0.6 is 11.6 Å². The van der Waals surface area contributed by atoms with Gasteiger partial charge >= 0.3 is 0 Å². The maximum absolute atomic E-state index is 9.99. The molecule has 0 bridgehead atoms. The van der Waals surface area contributed by atoms with Gasteiger partial charge in [0.15, 0.2) is 11.5 Å². The van der Waals surface area contributed by atoms with E-state index in [1.807, 2.05) is 26.0 Å². The molecular formula is C20H30ClNO5. The van der Waals surface area contributed by atoms with Gasteiger partial charge in [0.25, 0.3) is 0 Å². The van der Waals surface area contributed by atoms with Gasteiger partial charge < -0.3 is 24.4 Å². The predicted molar refractivity (Wildman–Crippen MR) is 104 cm³/mol. The molecule has 0 aromatic heterocycles. The molecule has 2 aliphatic heterocycles. The fourth-order valence-electron chi connectivity index (χ4n) is 3.93. The zero-order chi connectivity index (χ0) is 19.4. The van der Waals surface area contributed by atoms with Gasteiger partial charge in [0, 0.05) is 26.1 Å². The van der Waals surface area contributed by atoms with Crippen molar-refractivity contribution in [2.75, 3.05) is 32.9 Å². The third-order valence-corrected chi connectivity index (χ3v) is 5.70. The highest BCUT2D eigenvalue weighted by molar-refractivity contribution is 6.32. The summed E-state index contributed by atoms with van der Waals surface area (Å²) in [5.41, 5.74) is 0.783. The van der Waals surface area contributed by atoms with Crippen molar-refractivity contribution in [3.05, 3.63) is 22.7 Å². The van der Waals surface area contributed by atoms with E-state index >= 15 is 0 Å². The molecule has 0 aliphatic carbocycles. The van der Waals surface area contributed by atoms with Crippen LogP contribution in [0.1, 0.15) is 38.7 Å². The van der Waals surface area contributed by atoms with E-state index < -0.39 is 12.2 Å². The average molecular weight is 400 g/mol. The third-order valence-electron chi connectivity index (χ3n) is 5.42. The van der Waals surface area contributed by atoms with Gasteiger partial charge in [0.05, 0.1) is 36.5 Å². The number of hydrogen-bond donors (Lipinski definition) is 2. The van der Waals surface area contributed by atoms with E-state index in [1.54, 1.807) is 0 Å². The second kappa shape index (κ2) is 8.97. The highest BCUT2D eigenvalue weighted by atomic mass is 35.5. The number of nitrogens with zero attached hydrogens (tertiary/aromatic N) is 1. The van der Waals surface area contributed by atoms with E-state index in [2.05, 4.69) is 4.90 Å². The minimum atomic E-state index is -0.767.